The normalized spacial score (nSPS) is 10.9. The van der Waals surface area contributed by atoms with Crippen LogP contribution in [-0.2, 0) is 11.0 Å². The number of carbonyl (C=O) groups excluding carboxylic acids is 2. The molecule has 3 rings (SSSR count). The predicted molar refractivity (Wildman–Crippen MR) is 109 cm³/mol. The number of anilines is 3. The van der Waals surface area contributed by atoms with Crippen LogP contribution < -0.4 is 16.0 Å². The van der Waals surface area contributed by atoms with Crippen LogP contribution in [0.25, 0.3) is 0 Å². The topological polar surface area (TPSA) is 70.2 Å². The number of amides is 2. The third-order valence-corrected chi connectivity index (χ3v) is 4.14. The number of para-hydroxylation sites is 2. The van der Waals surface area contributed by atoms with Crippen molar-refractivity contribution in [1.29, 1.82) is 0 Å². The van der Waals surface area contributed by atoms with Crippen molar-refractivity contribution in [2.24, 2.45) is 0 Å². The molecule has 2 amide bonds. The molecule has 154 valence electrons. The zero-order valence-corrected chi connectivity index (χ0v) is 15.7. The molecule has 8 heteroatoms. The van der Waals surface area contributed by atoms with Gasteiger partial charge in [0.15, 0.2) is 0 Å². The molecule has 0 saturated carbocycles. The van der Waals surface area contributed by atoms with Crippen LogP contribution in [0.3, 0.4) is 0 Å². The van der Waals surface area contributed by atoms with Crippen LogP contribution in [0.15, 0.2) is 78.9 Å². The summed E-state index contributed by atoms with van der Waals surface area (Å²) in [7, 11) is 0. The minimum Gasteiger partial charge on any atom is -0.376 e. The highest BCUT2D eigenvalue weighted by molar-refractivity contribution is 6.08. The van der Waals surface area contributed by atoms with Gasteiger partial charge >= 0.3 is 6.18 Å². The molecular formula is C22H18F3N3O2. The van der Waals surface area contributed by atoms with Crippen molar-refractivity contribution >= 4 is 28.9 Å². The highest BCUT2D eigenvalue weighted by atomic mass is 19.4. The lowest BCUT2D eigenvalue weighted by molar-refractivity contribution is -0.137. The Hall–Kier alpha value is -3.81. The first-order valence-electron chi connectivity index (χ1n) is 8.99. The molecule has 0 bridgehead atoms. The number of halogens is 3. The average Bonchev–Trinajstić information content (AvgIpc) is 2.73. The molecule has 3 aromatic rings. The van der Waals surface area contributed by atoms with Crippen molar-refractivity contribution in [2.45, 2.75) is 6.18 Å². The number of hydrogen-bond acceptors (Lipinski definition) is 3. The van der Waals surface area contributed by atoms with E-state index in [1.54, 1.807) is 48.5 Å². The molecule has 0 heterocycles. The van der Waals surface area contributed by atoms with E-state index in [9.17, 15) is 22.8 Å². The third kappa shape index (κ3) is 5.60. The summed E-state index contributed by atoms with van der Waals surface area (Å²) in [5, 5.41) is 8.16. The van der Waals surface area contributed by atoms with Gasteiger partial charge < -0.3 is 16.0 Å². The molecule has 5 nitrogen and oxygen atoms in total. The van der Waals surface area contributed by atoms with Crippen LogP contribution >= 0.6 is 0 Å². The number of nitrogens with one attached hydrogen (secondary N) is 3. The Labute approximate surface area is 170 Å². The molecule has 0 aliphatic rings. The Morgan fingerprint density at radius 2 is 1.33 bits per heavy atom. The third-order valence-electron chi connectivity index (χ3n) is 4.14. The maximum Gasteiger partial charge on any atom is 0.416 e. The Morgan fingerprint density at radius 3 is 2.00 bits per heavy atom. The first-order valence-corrected chi connectivity index (χ1v) is 8.99. The highest BCUT2D eigenvalue weighted by Gasteiger charge is 2.29. The summed E-state index contributed by atoms with van der Waals surface area (Å²) in [6.07, 6.45) is -4.44. The van der Waals surface area contributed by atoms with Crippen LogP contribution in [-0.4, -0.2) is 18.4 Å². The molecule has 3 N–H and O–H groups in total. The van der Waals surface area contributed by atoms with E-state index < -0.39 is 17.6 Å². The fraction of sp³-hybridized carbons (Fsp3) is 0.0909. The number of hydrogen-bond donors (Lipinski definition) is 3. The molecule has 0 aliphatic carbocycles. The maximum atomic E-state index is 12.6. The van der Waals surface area contributed by atoms with Gasteiger partial charge in [0.2, 0.25) is 5.91 Å². The Balaban J connectivity index is 1.60. The number of carbonyl (C=O) groups is 2. The molecule has 0 fully saturated rings. The van der Waals surface area contributed by atoms with Crippen molar-refractivity contribution in [3.8, 4) is 0 Å². The van der Waals surface area contributed by atoms with Crippen LogP contribution in [0, 0.1) is 0 Å². The SMILES string of the molecule is O=C(CNc1ccccc1C(=O)Nc1ccccc1)Nc1ccc(C(F)(F)F)cc1. The lowest BCUT2D eigenvalue weighted by atomic mass is 10.1. The van der Waals surface area contributed by atoms with Gasteiger partial charge in [0, 0.05) is 17.1 Å². The Kier molecular flexibility index (Phi) is 6.36. The largest absolute Gasteiger partial charge is 0.416 e. The van der Waals surface area contributed by atoms with Gasteiger partial charge in [0.1, 0.15) is 0 Å². The van der Waals surface area contributed by atoms with Gasteiger partial charge in [0.25, 0.3) is 5.91 Å². The fourth-order valence-corrected chi connectivity index (χ4v) is 2.68. The Morgan fingerprint density at radius 1 is 0.733 bits per heavy atom. The summed E-state index contributed by atoms with van der Waals surface area (Å²) < 4.78 is 37.8. The van der Waals surface area contributed by atoms with E-state index >= 15 is 0 Å². The van der Waals surface area contributed by atoms with E-state index in [4.69, 9.17) is 0 Å². The molecule has 0 aromatic heterocycles. The number of alkyl halides is 3. The van der Waals surface area contributed by atoms with Crippen LogP contribution in [0.2, 0.25) is 0 Å². The average molecular weight is 413 g/mol. The van der Waals surface area contributed by atoms with Gasteiger partial charge in [0.05, 0.1) is 17.7 Å². The van der Waals surface area contributed by atoms with Gasteiger partial charge in [-0.2, -0.15) is 13.2 Å². The lowest BCUT2D eigenvalue weighted by Crippen LogP contribution is -2.23. The second-order valence-electron chi connectivity index (χ2n) is 6.34. The number of benzene rings is 3. The first-order chi connectivity index (χ1) is 14.3. The summed E-state index contributed by atoms with van der Waals surface area (Å²) in [6.45, 7) is -0.170. The smallest absolute Gasteiger partial charge is 0.376 e. The van der Waals surface area contributed by atoms with Gasteiger partial charge in [-0.25, -0.2) is 0 Å². The molecule has 30 heavy (non-hydrogen) atoms. The van der Waals surface area contributed by atoms with Crippen molar-refractivity contribution < 1.29 is 22.8 Å². The van der Waals surface area contributed by atoms with E-state index in [1.165, 1.54) is 12.1 Å². The zero-order chi connectivity index (χ0) is 21.6. The van der Waals surface area contributed by atoms with Crippen molar-refractivity contribution in [3.63, 3.8) is 0 Å². The molecule has 3 aromatic carbocycles. The van der Waals surface area contributed by atoms with Gasteiger partial charge in [-0.05, 0) is 48.5 Å². The monoisotopic (exact) mass is 413 g/mol. The summed E-state index contributed by atoms with van der Waals surface area (Å²) in [5.41, 5.74) is 0.886. The van der Waals surface area contributed by atoms with Crippen molar-refractivity contribution in [3.05, 3.63) is 90.0 Å². The first kappa shape index (κ1) is 20.9. The Bertz CT molecular complexity index is 1020. The molecule has 0 atom stereocenters. The minimum absolute atomic E-state index is 0.170. The van der Waals surface area contributed by atoms with E-state index in [0.717, 1.165) is 12.1 Å². The highest BCUT2D eigenvalue weighted by Crippen LogP contribution is 2.29. The molecule has 0 aliphatic heterocycles. The lowest BCUT2D eigenvalue weighted by Gasteiger charge is -2.13. The molecule has 0 radical (unpaired) electrons. The second-order valence-corrected chi connectivity index (χ2v) is 6.34. The summed E-state index contributed by atoms with van der Waals surface area (Å²) >= 11 is 0. The van der Waals surface area contributed by atoms with Crippen molar-refractivity contribution in [2.75, 3.05) is 22.5 Å². The van der Waals surface area contributed by atoms with E-state index in [-0.39, 0.29) is 18.1 Å². The summed E-state index contributed by atoms with van der Waals surface area (Å²) in [6, 6.07) is 19.8. The second kappa shape index (κ2) is 9.13. The molecular weight excluding hydrogens is 395 g/mol. The van der Waals surface area contributed by atoms with E-state index in [1.807, 2.05) is 6.07 Å². The summed E-state index contributed by atoms with van der Waals surface area (Å²) in [5.74, 6) is -0.805. The molecule has 0 unspecified atom stereocenters. The molecule has 0 spiro atoms. The van der Waals surface area contributed by atoms with Gasteiger partial charge in [-0.3, -0.25) is 9.59 Å². The van der Waals surface area contributed by atoms with Crippen LogP contribution in [0.4, 0.5) is 30.2 Å². The van der Waals surface area contributed by atoms with Gasteiger partial charge in [-0.1, -0.05) is 30.3 Å². The number of rotatable bonds is 6. The maximum absolute atomic E-state index is 12.6. The molecule has 0 saturated heterocycles. The predicted octanol–water partition coefficient (Wildman–Crippen LogP) is 5.01. The van der Waals surface area contributed by atoms with E-state index in [0.29, 0.717) is 16.9 Å². The van der Waals surface area contributed by atoms with Crippen molar-refractivity contribution in [1.82, 2.24) is 0 Å². The van der Waals surface area contributed by atoms with Crippen LogP contribution in [0.5, 0.6) is 0 Å². The van der Waals surface area contributed by atoms with Gasteiger partial charge in [-0.15, -0.1) is 0 Å². The van der Waals surface area contributed by atoms with Crippen LogP contribution in [0.1, 0.15) is 15.9 Å². The zero-order valence-electron chi connectivity index (χ0n) is 15.7. The fourth-order valence-electron chi connectivity index (χ4n) is 2.68. The van der Waals surface area contributed by atoms with E-state index in [2.05, 4.69) is 16.0 Å². The quantitative estimate of drug-likeness (QED) is 0.532. The summed E-state index contributed by atoms with van der Waals surface area (Å²) in [4.78, 5) is 24.7. The standard InChI is InChI=1S/C22H18F3N3O2/c23-22(24,25)15-10-12-17(13-11-15)27-20(29)14-26-19-9-5-4-8-18(19)21(30)28-16-6-2-1-3-7-16/h1-13,26H,14H2,(H,27,29)(H,28,30). The minimum atomic E-state index is -4.44.